The molecule has 1 aliphatic heterocycles. The predicted octanol–water partition coefficient (Wildman–Crippen LogP) is 2.82. The average Bonchev–Trinajstić information content (AvgIpc) is 3.37. The summed E-state index contributed by atoms with van der Waals surface area (Å²) >= 11 is 1.48. The quantitative estimate of drug-likeness (QED) is 0.466. The van der Waals surface area contributed by atoms with E-state index in [0.717, 1.165) is 52.4 Å². The van der Waals surface area contributed by atoms with E-state index in [0.29, 0.717) is 12.1 Å². The van der Waals surface area contributed by atoms with Crippen molar-refractivity contribution in [3.8, 4) is 0 Å². The molecule has 0 saturated carbocycles. The number of benzene rings is 1. The molecule has 1 aromatic carbocycles. The minimum absolute atomic E-state index is 0.0675. The third-order valence-electron chi connectivity index (χ3n) is 4.63. The van der Waals surface area contributed by atoms with E-state index in [1.165, 1.54) is 17.7 Å². The van der Waals surface area contributed by atoms with E-state index in [2.05, 4.69) is 15.3 Å². The van der Waals surface area contributed by atoms with Gasteiger partial charge in [-0.25, -0.2) is 9.97 Å². The van der Waals surface area contributed by atoms with Crippen LogP contribution in [-0.4, -0.2) is 39.7 Å². The van der Waals surface area contributed by atoms with Crippen LogP contribution in [0.3, 0.4) is 0 Å². The third kappa shape index (κ3) is 3.61. The van der Waals surface area contributed by atoms with Crippen LogP contribution in [0.5, 0.6) is 0 Å². The highest BCUT2D eigenvalue weighted by Gasteiger charge is 2.20. The Bertz CT molecular complexity index is 1010. The molecule has 2 aromatic heterocycles. The molecule has 27 heavy (non-hydrogen) atoms. The average molecular weight is 380 g/mol. The fraction of sp³-hybridized carbons (Fsp3) is 0.263. The number of anilines is 1. The van der Waals surface area contributed by atoms with Crippen LogP contribution in [0.1, 0.15) is 33.0 Å². The van der Waals surface area contributed by atoms with Crippen molar-refractivity contribution in [3.63, 3.8) is 0 Å². The molecule has 4 rings (SSSR count). The van der Waals surface area contributed by atoms with Crippen molar-refractivity contribution >= 4 is 39.8 Å². The summed E-state index contributed by atoms with van der Waals surface area (Å²) in [4.78, 5) is 25.0. The summed E-state index contributed by atoms with van der Waals surface area (Å²) in [5, 5.41) is 11.7. The fourth-order valence-corrected chi connectivity index (χ4v) is 4.03. The lowest BCUT2D eigenvalue weighted by Crippen LogP contribution is -2.27. The number of hydrogen-bond donors (Lipinski definition) is 3. The Labute approximate surface area is 160 Å². The number of aromatic nitrogens is 2. The van der Waals surface area contributed by atoms with Gasteiger partial charge >= 0.3 is 0 Å². The molecule has 0 bridgehead atoms. The summed E-state index contributed by atoms with van der Waals surface area (Å²) in [5.74, 6) is 0.866. The van der Waals surface area contributed by atoms with Crippen molar-refractivity contribution in [2.75, 3.05) is 18.4 Å². The Balaban J connectivity index is 1.54. The number of amides is 1. The highest BCUT2D eigenvalue weighted by molar-refractivity contribution is 7.14. The summed E-state index contributed by atoms with van der Waals surface area (Å²) in [6.07, 6.45) is 3.65. The molecule has 8 heteroatoms. The zero-order valence-electron chi connectivity index (χ0n) is 14.7. The number of carbonyl (C=O) groups excluding carboxylic acids is 1. The second kappa shape index (κ2) is 7.32. The van der Waals surface area contributed by atoms with Crippen LogP contribution in [0.4, 0.5) is 5.82 Å². The zero-order valence-corrected chi connectivity index (χ0v) is 15.6. The topological polar surface area (TPSA) is 108 Å². The van der Waals surface area contributed by atoms with Gasteiger partial charge in [-0.2, -0.15) is 0 Å². The van der Waals surface area contributed by atoms with Crippen LogP contribution in [0, 0.1) is 5.41 Å². The molecule has 138 valence electrons. The molecule has 4 N–H and O–H groups in total. The molecule has 0 radical (unpaired) electrons. The molecule has 3 heterocycles. The molecule has 1 saturated heterocycles. The van der Waals surface area contributed by atoms with E-state index < -0.39 is 0 Å². The van der Waals surface area contributed by atoms with Crippen LogP contribution in [0.15, 0.2) is 36.7 Å². The maximum Gasteiger partial charge on any atom is 0.253 e. The van der Waals surface area contributed by atoms with E-state index in [1.54, 1.807) is 0 Å². The summed E-state index contributed by atoms with van der Waals surface area (Å²) in [7, 11) is 0. The van der Waals surface area contributed by atoms with Gasteiger partial charge in [0.2, 0.25) is 0 Å². The van der Waals surface area contributed by atoms with Gasteiger partial charge in [0.1, 0.15) is 18.0 Å². The highest BCUT2D eigenvalue weighted by atomic mass is 32.1. The number of fused-ring (bicyclic) bond motifs is 1. The third-order valence-corrected chi connectivity index (χ3v) is 5.75. The molecule has 7 nitrogen and oxygen atoms in total. The molecule has 1 aliphatic rings. The molecule has 0 unspecified atom stereocenters. The second-order valence-electron chi connectivity index (χ2n) is 6.49. The standard InChI is InChI=1S/C19H20N6OS/c20-17(21)16-6-4-13(27-16)10-22-18-14-5-3-12(9-15(14)23-11-24-18)19(26)25-7-1-2-8-25/h3-6,9,11H,1-2,7-8,10H2,(H3,20,21)(H,22,23,24). The summed E-state index contributed by atoms with van der Waals surface area (Å²) in [5.41, 5.74) is 6.92. The smallest absolute Gasteiger partial charge is 0.253 e. The van der Waals surface area contributed by atoms with Crippen molar-refractivity contribution in [2.45, 2.75) is 19.4 Å². The predicted molar refractivity (Wildman–Crippen MR) is 107 cm³/mol. The normalized spacial score (nSPS) is 13.9. The Kier molecular flexibility index (Phi) is 4.72. The minimum atomic E-state index is 0.0675. The van der Waals surface area contributed by atoms with Crippen molar-refractivity contribution in [1.82, 2.24) is 14.9 Å². The SMILES string of the molecule is N=C(N)c1ccc(CNc2ncnc3cc(C(=O)N4CCCC4)ccc23)s1. The molecule has 0 spiro atoms. The Hall–Kier alpha value is -3.00. The number of likely N-dealkylation sites (tertiary alicyclic amines) is 1. The minimum Gasteiger partial charge on any atom is -0.383 e. The van der Waals surface area contributed by atoms with E-state index in [1.807, 2.05) is 35.2 Å². The van der Waals surface area contributed by atoms with Gasteiger partial charge < -0.3 is 16.0 Å². The molecule has 0 atom stereocenters. The Morgan fingerprint density at radius 2 is 2.04 bits per heavy atom. The first-order valence-corrected chi connectivity index (χ1v) is 9.64. The molecule has 1 amide bonds. The number of nitrogens with two attached hydrogens (primary N) is 1. The number of nitrogen functional groups attached to an aromatic ring is 1. The molecule has 3 aromatic rings. The first-order chi connectivity index (χ1) is 13.1. The van der Waals surface area contributed by atoms with Crippen LogP contribution in [0.2, 0.25) is 0 Å². The van der Waals surface area contributed by atoms with Crippen molar-refractivity contribution in [2.24, 2.45) is 5.73 Å². The monoisotopic (exact) mass is 380 g/mol. The molecular formula is C19H20N6OS. The van der Waals surface area contributed by atoms with Gasteiger partial charge in [-0.1, -0.05) is 0 Å². The van der Waals surface area contributed by atoms with Gasteiger partial charge in [0.25, 0.3) is 5.91 Å². The number of nitrogens with zero attached hydrogens (tertiary/aromatic N) is 3. The lowest BCUT2D eigenvalue weighted by molar-refractivity contribution is 0.0793. The number of nitrogens with one attached hydrogen (secondary N) is 2. The van der Waals surface area contributed by atoms with Crippen molar-refractivity contribution < 1.29 is 4.79 Å². The summed E-state index contributed by atoms with van der Waals surface area (Å²) in [6.45, 7) is 2.24. The number of hydrogen-bond acceptors (Lipinski definition) is 6. The fourth-order valence-electron chi connectivity index (χ4n) is 3.22. The van der Waals surface area contributed by atoms with Crippen molar-refractivity contribution in [1.29, 1.82) is 5.41 Å². The summed E-state index contributed by atoms with van der Waals surface area (Å²) in [6, 6.07) is 9.37. The summed E-state index contributed by atoms with van der Waals surface area (Å²) < 4.78 is 0. The van der Waals surface area contributed by atoms with Crippen LogP contribution in [-0.2, 0) is 6.54 Å². The first kappa shape index (κ1) is 17.4. The number of amidine groups is 1. The Morgan fingerprint density at radius 1 is 1.22 bits per heavy atom. The maximum atomic E-state index is 12.6. The van der Waals surface area contributed by atoms with Crippen LogP contribution < -0.4 is 11.1 Å². The molecular weight excluding hydrogens is 360 g/mol. The van der Waals surface area contributed by atoms with Crippen LogP contribution in [0.25, 0.3) is 10.9 Å². The van der Waals surface area contributed by atoms with Crippen LogP contribution >= 0.6 is 11.3 Å². The maximum absolute atomic E-state index is 12.6. The van der Waals surface area contributed by atoms with Gasteiger partial charge in [0, 0.05) is 28.9 Å². The number of carbonyl (C=O) groups is 1. The number of rotatable bonds is 5. The van der Waals surface area contributed by atoms with Gasteiger partial charge in [0.05, 0.1) is 16.9 Å². The highest BCUT2D eigenvalue weighted by Crippen LogP contribution is 2.24. The molecule has 0 aliphatic carbocycles. The van der Waals surface area contributed by atoms with E-state index in [9.17, 15) is 4.79 Å². The van der Waals surface area contributed by atoms with E-state index in [-0.39, 0.29) is 11.7 Å². The van der Waals surface area contributed by atoms with E-state index >= 15 is 0 Å². The second-order valence-corrected chi connectivity index (χ2v) is 7.66. The lowest BCUT2D eigenvalue weighted by atomic mass is 10.1. The largest absolute Gasteiger partial charge is 0.383 e. The van der Waals surface area contributed by atoms with Gasteiger partial charge in [-0.3, -0.25) is 10.2 Å². The lowest BCUT2D eigenvalue weighted by Gasteiger charge is -2.15. The Morgan fingerprint density at radius 3 is 2.78 bits per heavy atom. The van der Waals surface area contributed by atoms with E-state index in [4.69, 9.17) is 11.1 Å². The number of thiophene rings is 1. The first-order valence-electron chi connectivity index (χ1n) is 8.83. The zero-order chi connectivity index (χ0) is 18.8. The molecule has 1 fully saturated rings. The van der Waals surface area contributed by atoms with Gasteiger partial charge in [-0.15, -0.1) is 11.3 Å². The van der Waals surface area contributed by atoms with Gasteiger partial charge in [0.15, 0.2) is 0 Å². The van der Waals surface area contributed by atoms with Crippen molar-refractivity contribution in [3.05, 3.63) is 52.0 Å². The van der Waals surface area contributed by atoms with Gasteiger partial charge in [-0.05, 0) is 43.2 Å².